The van der Waals surface area contributed by atoms with E-state index in [4.69, 9.17) is 4.74 Å². The zero-order chi connectivity index (χ0) is 12.1. The molecule has 1 heterocycles. The van der Waals surface area contributed by atoms with Gasteiger partial charge in [0, 0.05) is 19.0 Å². The minimum absolute atomic E-state index is 0.416. The third kappa shape index (κ3) is 3.24. The molecular weight excluding hydrogens is 228 g/mol. The van der Waals surface area contributed by atoms with Crippen molar-refractivity contribution in [3.63, 3.8) is 0 Å². The molecule has 6 heteroatoms. The Hall–Kier alpha value is -1.01. The SMILES string of the molecule is CCO[C@H](c1ncc(C)cn1)[C@H](C)[SH](=O)=O. The first-order valence-electron chi connectivity index (χ1n) is 5.10. The van der Waals surface area contributed by atoms with E-state index in [1.54, 1.807) is 19.3 Å². The second-order valence-corrected chi connectivity index (χ2v) is 4.91. The Balaban J connectivity index is 2.97. The van der Waals surface area contributed by atoms with Gasteiger partial charge in [-0.25, -0.2) is 18.4 Å². The van der Waals surface area contributed by atoms with E-state index >= 15 is 0 Å². The highest BCUT2D eigenvalue weighted by molar-refractivity contribution is 7.73. The molecular formula is C10H16N2O3S. The van der Waals surface area contributed by atoms with Gasteiger partial charge in [0.25, 0.3) is 0 Å². The summed E-state index contributed by atoms with van der Waals surface area (Å²) in [5.41, 5.74) is 0.929. The maximum absolute atomic E-state index is 11.0. The molecule has 0 bridgehead atoms. The van der Waals surface area contributed by atoms with Crippen LogP contribution in [0.4, 0.5) is 0 Å². The molecule has 2 atom stereocenters. The van der Waals surface area contributed by atoms with Crippen molar-refractivity contribution in [1.82, 2.24) is 9.97 Å². The van der Waals surface area contributed by atoms with Crippen molar-refractivity contribution in [2.75, 3.05) is 6.61 Å². The number of thiol groups is 1. The Bertz CT molecular complexity index is 395. The normalized spacial score (nSPS) is 15.0. The summed E-state index contributed by atoms with van der Waals surface area (Å²) in [7, 11) is -2.55. The number of aryl methyl sites for hydroxylation is 1. The topological polar surface area (TPSA) is 69.2 Å². The highest BCUT2D eigenvalue weighted by Gasteiger charge is 2.24. The van der Waals surface area contributed by atoms with Crippen LogP contribution in [-0.2, 0) is 15.4 Å². The van der Waals surface area contributed by atoms with Gasteiger partial charge < -0.3 is 4.74 Å². The van der Waals surface area contributed by atoms with E-state index in [0.717, 1.165) is 5.56 Å². The second kappa shape index (κ2) is 5.91. The average Bonchev–Trinajstić information content (AvgIpc) is 2.26. The van der Waals surface area contributed by atoms with Crippen LogP contribution in [0, 0.1) is 6.92 Å². The molecule has 0 saturated carbocycles. The summed E-state index contributed by atoms with van der Waals surface area (Å²) < 4.78 is 27.3. The third-order valence-electron chi connectivity index (χ3n) is 2.17. The van der Waals surface area contributed by atoms with E-state index in [0.29, 0.717) is 12.4 Å². The first-order valence-corrected chi connectivity index (χ1v) is 6.34. The summed E-state index contributed by atoms with van der Waals surface area (Å²) in [5.74, 6) is 0.416. The summed E-state index contributed by atoms with van der Waals surface area (Å²) >= 11 is 0. The third-order valence-corrected chi connectivity index (χ3v) is 3.11. The molecule has 1 aromatic rings. The van der Waals surface area contributed by atoms with E-state index in [2.05, 4.69) is 9.97 Å². The van der Waals surface area contributed by atoms with Crippen molar-refractivity contribution in [3.8, 4) is 0 Å². The Kier molecular flexibility index (Phi) is 4.82. The zero-order valence-electron chi connectivity index (χ0n) is 9.58. The minimum atomic E-state index is -2.55. The summed E-state index contributed by atoms with van der Waals surface area (Å²) in [6.45, 7) is 5.70. The smallest absolute Gasteiger partial charge is 0.158 e. The predicted molar refractivity (Wildman–Crippen MR) is 60.9 cm³/mol. The minimum Gasteiger partial charge on any atom is -0.369 e. The van der Waals surface area contributed by atoms with Crippen LogP contribution >= 0.6 is 0 Å². The van der Waals surface area contributed by atoms with Gasteiger partial charge in [0.05, 0.1) is 5.25 Å². The predicted octanol–water partition coefficient (Wildman–Crippen LogP) is 0.863. The monoisotopic (exact) mass is 244 g/mol. The Morgan fingerprint density at radius 1 is 1.38 bits per heavy atom. The van der Waals surface area contributed by atoms with Gasteiger partial charge in [-0.2, -0.15) is 0 Å². The van der Waals surface area contributed by atoms with E-state index < -0.39 is 22.1 Å². The van der Waals surface area contributed by atoms with Crippen molar-refractivity contribution in [3.05, 3.63) is 23.8 Å². The zero-order valence-corrected chi connectivity index (χ0v) is 10.5. The van der Waals surface area contributed by atoms with Crippen LogP contribution in [0.5, 0.6) is 0 Å². The summed E-state index contributed by atoms with van der Waals surface area (Å²) in [4.78, 5) is 8.19. The molecule has 0 aliphatic heterocycles. The maximum Gasteiger partial charge on any atom is 0.158 e. The van der Waals surface area contributed by atoms with Crippen molar-refractivity contribution >= 4 is 10.7 Å². The molecule has 90 valence electrons. The van der Waals surface area contributed by atoms with Gasteiger partial charge in [0.1, 0.15) is 16.8 Å². The second-order valence-electron chi connectivity index (χ2n) is 3.52. The lowest BCUT2D eigenvalue weighted by Crippen LogP contribution is -2.22. The fourth-order valence-corrected chi connectivity index (χ4v) is 1.71. The van der Waals surface area contributed by atoms with Gasteiger partial charge in [-0.1, -0.05) is 0 Å². The number of ether oxygens (including phenoxy) is 1. The van der Waals surface area contributed by atoms with Crippen LogP contribution in [-0.4, -0.2) is 30.2 Å². The van der Waals surface area contributed by atoms with Gasteiger partial charge >= 0.3 is 0 Å². The first-order chi connectivity index (χ1) is 7.56. The Labute approximate surface area is 96.8 Å². The van der Waals surface area contributed by atoms with E-state index in [9.17, 15) is 8.42 Å². The molecule has 0 spiro atoms. The molecule has 0 N–H and O–H groups in total. The lowest BCUT2D eigenvalue weighted by atomic mass is 10.2. The average molecular weight is 244 g/mol. The molecule has 0 aromatic carbocycles. The first kappa shape index (κ1) is 13.1. The largest absolute Gasteiger partial charge is 0.369 e. The van der Waals surface area contributed by atoms with Crippen LogP contribution in [0.2, 0.25) is 0 Å². The van der Waals surface area contributed by atoms with Crippen molar-refractivity contribution in [2.45, 2.75) is 32.1 Å². The van der Waals surface area contributed by atoms with Gasteiger partial charge in [-0.05, 0) is 26.3 Å². The van der Waals surface area contributed by atoms with Crippen LogP contribution < -0.4 is 0 Å². The molecule has 0 fully saturated rings. The number of nitrogens with zero attached hydrogens (tertiary/aromatic N) is 2. The highest BCUT2D eigenvalue weighted by Crippen LogP contribution is 2.19. The molecule has 0 radical (unpaired) electrons. The van der Waals surface area contributed by atoms with Crippen LogP contribution in [0.1, 0.15) is 31.3 Å². The van der Waals surface area contributed by atoms with E-state index in [1.165, 1.54) is 0 Å². The van der Waals surface area contributed by atoms with Crippen LogP contribution in [0.25, 0.3) is 0 Å². The fourth-order valence-electron chi connectivity index (χ4n) is 1.27. The lowest BCUT2D eigenvalue weighted by Gasteiger charge is -2.18. The highest BCUT2D eigenvalue weighted by atomic mass is 32.2. The molecule has 0 amide bonds. The van der Waals surface area contributed by atoms with Gasteiger partial charge in [-0.15, -0.1) is 0 Å². The summed E-state index contributed by atoms with van der Waals surface area (Å²) in [5, 5.41) is -0.627. The number of rotatable bonds is 5. The molecule has 1 rings (SSSR count). The van der Waals surface area contributed by atoms with Crippen molar-refractivity contribution in [1.29, 1.82) is 0 Å². The van der Waals surface area contributed by atoms with Crippen LogP contribution in [0.3, 0.4) is 0 Å². The molecule has 0 saturated heterocycles. The van der Waals surface area contributed by atoms with Crippen molar-refractivity contribution in [2.24, 2.45) is 0 Å². The fraction of sp³-hybridized carbons (Fsp3) is 0.600. The van der Waals surface area contributed by atoms with E-state index in [-0.39, 0.29) is 0 Å². The van der Waals surface area contributed by atoms with E-state index in [1.807, 2.05) is 13.8 Å². The number of hydrogen-bond donors (Lipinski definition) is 1. The van der Waals surface area contributed by atoms with Gasteiger partial charge in [0.15, 0.2) is 5.82 Å². The summed E-state index contributed by atoms with van der Waals surface area (Å²) in [6.07, 6.45) is 2.71. The molecule has 16 heavy (non-hydrogen) atoms. The molecule has 0 aliphatic rings. The molecule has 0 unspecified atom stereocenters. The lowest BCUT2D eigenvalue weighted by molar-refractivity contribution is 0.0563. The number of aromatic nitrogens is 2. The van der Waals surface area contributed by atoms with Gasteiger partial charge in [0.2, 0.25) is 0 Å². The maximum atomic E-state index is 11.0. The quantitative estimate of drug-likeness (QED) is 0.778. The standard InChI is InChI=1S/C10H16N2O3S/c1-4-15-9(8(3)16(13)14)10-11-5-7(2)6-12-10/h5-6,8-9,16H,4H2,1-3H3/t8-,9-/m0/s1. The van der Waals surface area contributed by atoms with Crippen molar-refractivity contribution < 1.29 is 13.2 Å². The summed E-state index contributed by atoms with van der Waals surface area (Å²) in [6, 6.07) is 0. The van der Waals surface area contributed by atoms with Gasteiger partial charge in [-0.3, -0.25) is 0 Å². The van der Waals surface area contributed by atoms with Crippen LogP contribution in [0.15, 0.2) is 12.4 Å². The Morgan fingerprint density at radius 3 is 2.38 bits per heavy atom. The Morgan fingerprint density at radius 2 is 1.94 bits per heavy atom. The molecule has 5 nitrogen and oxygen atoms in total. The molecule has 1 aromatic heterocycles. The molecule has 0 aliphatic carbocycles. The number of hydrogen-bond acceptors (Lipinski definition) is 5.